The maximum absolute atomic E-state index is 12.3. The van der Waals surface area contributed by atoms with Crippen LogP contribution in [0.15, 0.2) is 0 Å². The Hall–Kier alpha value is -0.180. The molecule has 0 aliphatic carbocycles. The average molecular weight is 191 g/mol. The zero-order valence-electron chi connectivity index (χ0n) is 8.31. The van der Waals surface area contributed by atoms with Crippen molar-refractivity contribution in [3.8, 4) is 0 Å². The number of nitrogens with zero attached hydrogens (tertiary/aromatic N) is 1. The summed E-state index contributed by atoms with van der Waals surface area (Å²) in [6, 6.07) is 0. The number of likely N-dealkylation sites (tertiary alicyclic amines) is 1. The molecule has 0 radical (unpaired) electrons. The third-order valence-corrected chi connectivity index (χ3v) is 2.74. The molecular weight excluding hydrogens is 172 g/mol. The highest BCUT2D eigenvalue weighted by Gasteiger charge is 2.28. The van der Waals surface area contributed by atoms with E-state index in [-0.39, 0.29) is 5.92 Å². The van der Waals surface area contributed by atoms with Gasteiger partial charge in [-0.3, -0.25) is 0 Å². The zero-order chi connectivity index (χ0) is 9.68. The highest BCUT2D eigenvalue weighted by atomic mass is 19.3. The molecule has 0 bridgehead atoms. The lowest BCUT2D eigenvalue weighted by atomic mass is 10.1. The molecule has 1 heterocycles. The van der Waals surface area contributed by atoms with Gasteiger partial charge >= 0.3 is 0 Å². The van der Waals surface area contributed by atoms with Gasteiger partial charge in [0.2, 0.25) is 6.43 Å². The molecule has 3 heteroatoms. The van der Waals surface area contributed by atoms with Crippen LogP contribution in [0.3, 0.4) is 0 Å². The Morgan fingerprint density at radius 1 is 1.38 bits per heavy atom. The number of hydrogen-bond acceptors (Lipinski definition) is 1. The van der Waals surface area contributed by atoms with Gasteiger partial charge in [-0.2, -0.15) is 0 Å². The van der Waals surface area contributed by atoms with Gasteiger partial charge in [-0.1, -0.05) is 19.8 Å². The summed E-state index contributed by atoms with van der Waals surface area (Å²) >= 11 is 0. The molecule has 0 amide bonds. The summed E-state index contributed by atoms with van der Waals surface area (Å²) in [5.74, 6) is -0.360. The molecule has 1 aliphatic rings. The summed E-state index contributed by atoms with van der Waals surface area (Å²) in [5.41, 5.74) is 0. The summed E-state index contributed by atoms with van der Waals surface area (Å²) < 4.78 is 24.5. The van der Waals surface area contributed by atoms with Crippen LogP contribution in [0.1, 0.15) is 32.6 Å². The predicted octanol–water partition coefficient (Wildman–Crippen LogP) is 2.76. The van der Waals surface area contributed by atoms with E-state index in [0.29, 0.717) is 13.0 Å². The largest absolute Gasteiger partial charge is 0.303 e. The van der Waals surface area contributed by atoms with Gasteiger partial charge in [-0.15, -0.1) is 0 Å². The number of hydrogen-bond donors (Lipinski definition) is 0. The number of rotatable bonds is 5. The lowest BCUT2D eigenvalue weighted by Crippen LogP contribution is -2.23. The standard InChI is InChI=1S/C10H19F2N/c1-2-3-4-6-13-7-5-9(8-13)10(11)12/h9-10H,2-8H2,1H3/t9-/m1/s1. The van der Waals surface area contributed by atoms with E-state index < -0.39 is 6.43 Å². The second-order valence-electron chi connectivity index (χ2n) is 3.89. The Morgan fingerprint density at radius 2 is 2.15 bits per heavy atom. The van der Waals surface area contributed by atoms with Gasteiger partial charge in [-0.25, -0.2) is 8.78 Å². The number of halogens is 2. The maximum atomic E-state index is 12.3. The van der Waals surface area contributed by atoms with E-state index in [1.807, 2.05) is 0 Å². The highest BCUT2D eigenvalue weighted by Crippen LogP contribution is 2.22. The summed E-state index contributed by atoms with van der Waals surface area (Å²) in [7, 11) is 0. The minimum absolute atomic E-state index is 0.360. The Balaban J connectivity index is 2.10. The smallest absolute Gasteiger partial charge is 0.242 e. The summed E-state index contributed by atoms with van der Waals surface area (Å²) in [6.07, 6.45) is 2.15. The second kappa shape index (κ2) is 5.53. The van der Waals surface area contributed by atoms with Crippen molar-refractivity contribution in [2.24, 2.45) is 5.92 Å². The first kappa shape index (κ1) is 10.9. The fourth-order valence-corrected chi connectivity index (χ4v) is 1.86. The first-order chi connectivity index (χ1) is 6.24. The predicted molar refractivity (Wildman–Crippen MR) is 50.1 cm³/mol. The van der Waals surface area contributed by atoms with Crippen molar-refractivity contribution in [1.82, 2.24) is 4.90 Å². The summed E-state index contributed by atoms with van der Waals surface area (Å²) in [4.78, 5) is 2.17. The molecule has 0 spiro atoms. The van der Waals surface area contributed by atoms with Crippen molar-refractivity contribution in [2.75, 3.05) is 19.6 Å². The van der Waals surface area contributed by atoms with Crippen LogP contribution in [0.4, 0.5) is 8.78 Å². The maximum Gasteiger partial charge on any atom is 0.242 e. The average Bonchev–Trinajstić information content (AvgIpc) is 2.53. The topological polar surface area (TPSA) is 3.24 Å². The molecular formula is C10H19F2N. The minimum Gasteiger partial charge on any atom is -0.303 e. The Labute approximate surface area is 79.1 Å². The molecule has 0 saturated carbocycles. The molecule has 1 nitrogen and oxygen atoms in total. The van der Waals surface area contributed by atoms with Crippen molar-refractivity contribution in [3.63, 3.8) is 0 Å². The summed E-state index contributed by atoms with van der Waals surface area (Å²) in [5, 5.41) is 0. The van der Waals surface area contributed by atoms with Gasteiger partial charge in [-0.05, 0) is 25.9 Å². The fraction of sp³-hybridized carbons (Fsp3) is 1.00. The molecule has 0 aromatic rings. The molecule has 1 rings (SSSR count). The SMILES string of the molecule is CCCCCN1CC[C@@H](C(F)F)C1. The van der Waals surface area contributed by atoms with Crippen molar-refractivity contribution >= 4 is 0 Å². The first-order valence-electron chi connectivity index (χ1n) is 5.24. The van der Waals surface area contributed by atoms with Crippen molar-refractivity contribution in [1.29, 1.82) is 0 Å². The van der Waals surface area contributed by atoms with Gasteiger partial charge in [0.25, 0.3) is 0 Å². The Kier molecular flexibility index (Phi) is 4.64. The lowest BCUT2D eigenvalue weighted by molar-refractivity contribution is 0.0807. The highest BCUT2D eigenvalue weighted by molar-refractivity contribution is 4.76. The molecule has 0 N–H and O–H groups in total. The van der Waals surface area contributed by atoms with Crippen LogP contribution in [-0.2, 0) is 0 Å². The van der Waals surface area contributed by atoms with E-state index in [4.69, 9.17) is 0 Å². The van der Waals surface area contributed by atoms with E-state index in [1.54, 1.807) is 0 Å². The van der Waals surface area contributed by atoms with Crippen LogP contribution in [-0.4, -0.2) is 31.0 Å². The van der Waals surface area contributed by atoms with Gasteiger partial charge < -0.3 is 4.90 Å². The zero-order valence-corrected chi connectivity index (χ0v) is 8.31. The normalized spacial score (nSPS) is 24.5. The van der Waals surface area contributed by atoms with E-state index in [0.717, 1.165) is 19.5 Å². The van der Waals surface area contributed by atoms with E-state index >= 15 is 0 Å². The molecule has 1 saturated heterocycles. The Morgan fingerprint density at radius 3 is 2.69 bits per heavy atom. The quantitative estimate of drug-likeness (QED) is 0.604. The van der Waals surface area contributed by atoms with Gasteiger partial charge in [0.1, 0.15) is 0 Å². The van der Waals surface area contributed by atoms with E-state index in [1.165, 1.54) is 12.8 Å². The number of unbranched alkanes of at least 4 members (excludes halogenated alkanes) is 2. The fourth-order valence-electron chi connectivity index (χ4n) is 1.86. The van der Waals surface area contributed by atoms with Crippen LogP contribution in [0.2, 0.25) is 0 Å². The third kappa shape index (κ3) is 3.59. The molecule has 78 valence electrons. The van der Waals surface area contributed by atoms with E-state index in [9.17, 15) is 8.78 Å². The molecule has 13 heavy (non-hydrogen) atoms. The lowest BCUT2D eigenvalue weighted by Gasteiger charge is -2.15. The molecule has 0 unspecified atom stereocenters. The Bertz CT molecular complexity index is 139. The molecule has 1 atom stereocenters. The van der Waals surface area contributed by atoms with Crippen LogP contribution < -0.4 is 0 Å². The summed E-state index contributed by atoms with van der Waals surface area (Å²) in [6.45, 7) is 4.66. The monoisotopic (exact) mass is 191 g/mol. The number of alkyl halides is 2. The van der Waals surface area contributed by atoms with Crippen LogP contribution >= 0.6 is 0 Å². The molecule has 1 fully saturated rings. The first-order valence-corrected chi connectivity index (χ1v) is 5.24. The molecule has 0 aromatic heterocycles. The van der Waals surface area contributed by atoms with Gasteiger partial charge in [0, 0.05) is 12.5 Å². The van der Waals surface area contributed by atoms with Crippen LogP contribution in [0.25, 0.3) is 0 Å². The van der Waals surface area contributed by atoms with Crippen LogP contribution in [0.5, 0.6) is 0 Å². The van der Waals surface area contributed by atoms with Gasteiger partial charge in [0.15, 0.2) is 0 Å². The van der Waals surface area contributed by atoms with Crippen LogP contribution in [0, 0.1) is 5.92 Å². The molecule has 1 aliphatic heterocycles. The third-order valence-electron chi connectivity index (χ3n) is 2.74. The van der Waals surface area contributed by atoms with Crippen molar-refractivity contribution < 1.29 is 8.78 Å². The van der Waals surface area contributed by atoms with E-state index in [2.05, 4.69) is 11.8 Å². The van der Waals surface area contributed by atoms with Gasteiger partial charge in [0.05, 0.1) is 0 Å². The second-order valence-corrected chi connectivity index (χ2v) is 3.89. The van der Waals surface area contributed by atoms with Crippen molar-refractivity contribution in [3.05, 3.63) is 0 Å². The molecule has 0 aromatic carbocycles. The van der Waals surface area contributed by atoms with Crippen molar-refractivity contribution in [2.45, 2.75) is 39.0 Å². The minimum atomic E-state index is -2.11.